The van der Waals surface area contributed by atoms with Crippen LogP contribution >= 0.6 is 0 Å². The quantitative estimate of drug-likeness (QED) is 0.610. The Balaban J connectivity index is 2.17. The summed E-state index contributed by atoms with van der Waals surface area (Å²) < 4.78 is 0. The van der Waals surface area contributed by atoms with Gasteiger partial charge >= 0.3 is 0 Å². The first-order valence-corrected chi connectivity index (χ1v) is 5.28. The van der Waals surface area contributed by atoms with E-state index in [9.17, 15) is 14.9 Å². The lowest BCUT2D eigenvalue weighted by atomic mass is 10.1. The molecule has 3 N–H and O–H groups in total. The van der Waals surface area contributed by atoms with Crippen LogP contribution in [0.2, 0.25) is 0 Å². The number of carbonyl (C=O) groups excluding carboxylic acids is 1. The topological polar surface area (TPSA) is 98.3 Å². The molecule has 6 heteroatoms. The number of nitrogens with one attached hydrogen (secondary N) is 1. The van der Waals surface area contributed by atoms with Gasteiger partial charge in [0.1, 0.15) is 0 Å². The second-order valence-corrected chi connectivity index (χ2v) is 4.37. The monoisotopic (exact) mass is 235 g/mol. The third-order valence-corrected chi connectivity index (χ3v) is 2.91. The minimum atomic E-state index is -0.742. The molecule has 1 aromatic carbocycles. The van der Waals surface area contributed by atoms with E-state index in [0.29, 0.717) is 24.1 Å². The molecule has 17 heavy (non-hydrogen) atoms. The molecule has 0 radical (unpaired) electrons. The average Bonchev–Trinajstić information content (AvgIpc) is 3.00. The van der Waals surface area contributed by atoms with Gasteiger partial charge in [-0.15, -0.1) is 0 Å². The molecule has 0 saturated heterocycles. The fourth-order valence-electron chi connectivity index (χ4n) is 1.51. The number of rotatable bonds is 3. The molecule has 1 saturated carbocycles. The summed E-state index contributed by atoms with van der Waals surface area (Å²) in [6.45, 7) is 1.71. The molecule has 0 atom stereocenters. The van der Waals surface area contributed by atoms with Crippen molar-refractivity contribution in [2.75, 3.05) is 5.32 Å². The van der Waals surface area contributed by atoms with E-state index in [1.165, 1.54) is 18.2 Å². The zero-order chi connectivity index (χ0) is 12.6. The van der Waals surface area contributed by atoms with Crippen LogP contribution in [0.1, 0.15) is 18.4 Å². The molecule has 1 amide bonds. The van der Waals surface area contributed by atoms with Crippen molar-refractivity contribution < 1.29 is 9.72 Å². The maximum atomic E-state index is 11.7. The smallest absolute Gasteiger partial charge is 0.269 e. The fourth-order valence-corrected chi connectivity index (χ4v) is 1.51. The number of amides is 1. The number of nitro groups is 1. The maximum Gasteiger partial charge on any atom is 0.269 e. The predicted molar refractivity (Wildman–Crippen MR) is 62.6 cm³/mol. The fraction of sp³-hybridized carbons (Fsp3) is 0.364. The van der Waals surface area contributed by atoms with Crippen molar-refractivity contribution in [1.29, 1.82) is 0 Å². The lowest BCUT2D eigenvalue weighted by molar-refractivity contribution is -0.384. The molecular weight excluding hydrogens is 222 g/mol. The predicted octanol–water partition coefficient (Wildman–Crippen LogP) is 1.33. The molecule has 1 fully saturated rings. The highest BCUT2D eigenvalue weighted by atomic mass is 16.6. The van der Waals surface area contributed by atoms with Crippen LogP contribution < -0.4 is 11.1 Å². The van der Waals surface area contributed by atoms with E-state index in [2.05, 4.69) is 5.32 Å². The van der Waals surface area contributed by atoms with Gasteiger partial charge in [-0.05, 0) is 31.4 Å². The van der Waals surface area contributed by atoms with Crippen molar-refractivity contribution in [3.8, 4) is 0 Å². The lowest BCUT2D eigenvalue weighted by Crippen LogP contribution is -2.37. The first kappa shape index (κ1) is 11.5. The Kier molecular flexibility index (Phi) is 2.59. The molecular formula is C11H13N3O3. The summed E-state index contributed by atoms with van der Waals surface area (Å²) in [5.74, 6) is -0.227. The van der Waals surface area contributed by atoms with Gasteiger partial charge in [0.05, 0.1) is 10.5 Å². The Bertz CT molecular complexity index is 495. The maximum absolute atomic E-state index is 11.7. The van der Waals surface area contributed by atoms with Crippen molar-refractivity contribution in [1.82, 2.24) is 0 Å². The van der Waals surface area contributed by atoms with Gasteiger partial charge in [0.15, 0.2) is 0 Å². The van der Waals surface area contributed by atoms with Gasteiger partial charge in [0.25, 0.3) is 5.69 Å². The molecule has 90 valence electrons. The number of nitrogens with two attached hydrogens (primary N) is 1. The molecule has 1 aliphatic carbocycles. The number of hydrogen-bond donors (Lipinski definition) is 2. The normalized spacial score (nSPS) is 16.4. The third-order valence-electron chi connectivity index (χ3n) is 2.91. The minimum Gasteiger partial charge on any atom is -0.324 e. The second-order valence-electron chi connectivity index (χ2n) is 4.37. The molecule has 0 spiro atoms. The molecule has 1 aliphatic rings. The molecule has 0 aromatic heterocycles. The molecule has 6 nitrogen and oxygen atoms in total. The van der Waals surface area contributed by atoms with Gasteiger partial charge in [0.2, 0.25) is 5.91 Å². The number of nitro benzene ring substituents is 1. The van der Waals surface area contributed by atoms with E-state index >= 15 is 0 Å². The van der Waals surface area contributed by atoms with Gasteiger partial charge < -0.3 is 11.1 Å². The molecule has 0 bridgehead atoms. The summed E-state index contributed by atoms with van der Waals surface area (Å²) in [4.78, 5) is 21.8. The van der Waals surface area contributed by atoms with E-state index in [1.54, 1.807) is 6.92 Å². The van der Waals surface area contributed by atoms with E-state index in [4.69, 9.17) is 5.73 Å². The van der Waals surface area contributed by atoms with E-state index in [-0.39, 0.29) is 11.6 Å². The lowest BCUT2D eigenvalue weighted by Gasteiger charge is -2.11. The van der Waals surface area contributed by atoms with Crippen molar-refractivity contribution >= 4 is 17.3 Å². The standard InChI is InChI=1S/C11H13N3O3/c1-7-6-8(14(16)17)2-3-9(7)13-10(15)11(12)4-5-11/h2-3,6H,4-5,12H2,1H3,(H,13,15). The van der Waals surface area contributed by atoms with Crippen LogP contribution in [0.15, 0.2) is 18.2 Å². The third kappa shape index (κ3) is 2.26. The molecule has 1 aromatic rings. The highest BCUT2D eigenvalue weighted by Gasteiger charge is 2.46. The van der Waals surface area contributed by atoms with Gasteiger partial charge in [-0.3, -0.25) is 14.9 Å². The number of hydrogen-bond acceptors (Lipinski definition) is 4. The summed E-state index contributed by atoms with van der Waals surface area (Å²) >= 11 is 0. The van der Waals surface area contributed by atoms with Crippen LogP contribution in [0, 0.1) is 17.0 Å². The minimum absolute atomic E-state index is 0.00869. The summed E-state index contributed by atoms with van der Waals surface area (Å²) in [6.07, 6.45) is 1.37. The molecule has 0 unspecified atom stereocenters. The number of benzene rings is 1. The number of nitrogens with zero attached hydrogens (tertiary/aromatic N) is 1. The Morgan fingerprint density at radius 3 is 2.65 bits per heavy atom. The van der Waals surface area contributed by atoms with Gasteiger partial charge in [-0.25, -0.2) is 0 Å². The Hall–Kier alpha value is -1.95. The van der Waals surface area contributed by atoms with Crippen LogP contribution in [-0.4, -0.2) is 16.4 Å². The van der Waals surface area contributed by atoms with Crippen LogP contribution in [0.4, 0.5) is 11.4 Å². The summed E-state index contributed by atoms with van der Waals surface area (Å²) in [5.41, 5.74) is 6.23. The van der Waals surface area contributed by atoms with Crippen LogP contribution in [0.3, 0.4) is 0 Å². The zero-order valence-electron chi connectivity index (χ0n) is 9.40. The summed E-state index contributed by atoms with van der Waals surface area (Å²) in [5, 5.41) is 13.2. The summed E-state index contributed by atoms with van der Waals surface area (Å²) in [6, 6.07) is 4.31. The number of non-ortho nitro benzene ring substituents is 1. The largest absolute Gasteiger partial charge is 0.324 e. The van der Waals surface area contributed by atoms with Crippen LogP contribution in [0.25, 0.3) is 0 Å². The Morgan fingerprint density at radius 2 is 2.18 bits per heavy atom. The Morgan fingerprint density at radius 1 is 1.53 bits per heavy atom. The molecule has 0 heterocycles. The second kappa shape index (κ2) is 3.81. The Labute approximate surface area is 98.0 Å². The highest BCUT2D eigenvalue weighted by Crippen LogP contribution is 2.33. The van der Waals surface area contributed by atoms with Crippen molar-refractivity contribution in [3.05, 3.63) is 33.9 Å². The molecule has 2 rings (SSSR count). The first-order chi connectivity index (χ1) is 7.92. The van der Waals surface area contributed by atoms with Crippen molar-refractivity contribution in [2.45, 2.75) is 25.3 Å². The SMILES string of the molecule is Cc1cc([N+](=O)[O-])ccc1NC(=O)C1(N)CC1. The summed E-state index contributed by atoms with van der Waals surface area (Å²) in [7, 11) is 0. The van der Waals surface area contributed by atoms with Crippen molar-refractivity contribution in [2.24, 2.45) is 5.73 Å². The van der Waals surface area contributed by atoms with E-state index in [1.807, 2.05) is 0 Å². The van der Waals surface area contributed by atoms with Gasteiger partial charge in [-0.1, -0.05) is 0 Å². The van der Waals surface area contributed by atoms with Crippen LogP contribution in [0.5, 0.6) is 0 Å². The average molecular weight is 235 g/mol. The van der Waals surface area contributed by atoms with Gasteiger partial charge in [-0.2, -0.15) is 0 Å². The number of anilines is 1. The first-order valence-electron chi connectivity index (χ1n) is 5.28. The van der Waals surface area contributed by atoms with E-state index in [0.717, 1.165) is 0 Å². The zero-order valence-corrected chi connectivity index (χ0v) is 9.40. The highest BCUT2D eigenvalue weighted by molar-refractivity contribution is 6.00. The van der Waals surface area contributed by atoms with Gasteiger partial charge in [0, 0.05) is 17.8 Å². The molecule has 0 aliphatic heterocycles. The number of carbonyl (C=O) groups is 1. The van der Waals surface area contributed by atoms with E-state index < -0.39 is 10.5 Å². The van der Waals surface area contributed by atoms with Crippen LogP contribution in [-0.2, 0) is 4.79 Å². The van der Waals surface area contributed by atoms with Crippen molar-refractivity contribution in [3.63, 3.8) is 0 Å². The number of aryl methyl sites for hydroxylation is 1.